The molecule has 0 bridgehead atoms. The van der Waals surface area contributed by atoms with Crippen molar-refractivity contribution in [2.45, 2.75) is 244 Å². The molecule has 5 aromatic rings. The van der Waals surface area contributed by atoms with Crippen LogP contribution in [0.2, 0.25) is 0 Å². The van der Waals surface area contributed by atoms with Crippen LogP contribution in [0.3, 0.4) is 0 Å². The number of halogens is 4. The Kier molecular flexibility index (Phi) is 20.1. The van der Waals surface area contributed by atoms with Gasteiger partial charge in [0.1, 0.15) is 33.7 Å². The predicted molar refractivity (Wildman–Crippen MR) is 292 cm³/mol. The highest BCUT2D eigenvalue weighted by Gasteiger charge is 2.54. The van der Waals surface area contributed by atoms with E-state index in [0.717, 1.165) is 124 Å². The molecule has 2 aliphatic carbocycles. The highest BCUT2D eigenvalue weighted by atomic mass is 127. The Bertz CT molecular complexity index is 2140. The van der Waals surface area contributed by atoms with Crippen LogP contribution in [0.1, 0.15) is 255 Å². The number of hydrogen-bond donors (Lipinski definition) is 0. The molecule has 0 fully saturated rings. The minimum Gasteiger partial charge on any atom is -0.206 e. The van der Waals surface area contributed by atoms with Crippen molar-refractivity contribution in [3.63, 3.8) is 0 Å². The van der Waals surface area contributed by atoms with E-state index in [1.165, 1.54) is 152 Å². The van der Waals surface area contributed by atoms with E-state index < -0.39 is 10.8 Å². The fourth-order valence-corrected chi connectivity index (χ4v) is 14.8. The summed E-state index contributed by atoms with van der Waals surface area (Å²) in [4.78, 5) is 0. The second-order valence-electron chi connectivity index (χ2n) is 20.3. The van der Waals surface area contributed by atoms with Crippen molar-refractivity contribution in [1.82, 2.24) is 17.5 Å². The van der Waals surface area contributed by atoms with E-state index in [-0.39, 0.29) is 11.6 Å². The van der Waals surface area contributed by atoms with Gasteiger partial charge in [-0.3, -0.25) is 0 Å². The first-order chi connectivity index (χ1) is 32.3. The standard InChI is InChI=1S/C56H78BrF2IN4S2/c1-5-9-13-17-21-25-29-33-55(34-30-26-22-18-14-10-6-2)39-37-41(57)51-53(63-65-61-51)43(39)45-47(55)50(59)46-44-40(38-42(60)52-54(44)64-66-62-52)56(48(46)49(45)58,35-31-27-23-19-15-11-7-3)36-32-28-24-20-16-12-8-4/h37-38H,5-36H2,1-4H3. The summed E-state index contributed by atoms with van der Waals surface area (Å²) in [6.45, 7) is 9.08. The summed E-state index contributed by atoms with van der Waals surface area (Å²) in [6.07, 6.45) is 36.1. The number of hydrogen-bond acceptors (Lipinski definition) is 6. The van der Waals surface area contributed by atoms with Crippen LogP contribution < -0.4 is 0 Å². The summed E-state index contributed by atoms with van der Waals surface area (Å²) in [7, 11) is 0. The molecule has 0 N–H and O–H groups in total. The van der Waals surface area contributed by atoms with Gasteiger partial charge in [0.25, 0.3) is 0 Å². The van der Waals surface area contributed by atoms with Crippen molar-refractivity contribution in [2.75, 3.05) is 0 Å². The molecular weight excluding hydrogens is 1040 g/mol. The molecule has 0 unspecified atom stereocenters. The summed E-state index contributed by atoms with van der Waals surface area (Å²) >= 11 is 8.72. The van der Waals surface area contributed by atoms with Gasteiger partial charge in [0.2, 0.25) is 0 Å². The number of fused-ring (bicyclic) bond motifs is 10. The van der Waals surface area contributed by atoms with Crippen molar-refractivity contribution in [3.8, 4) is 22.3 Å². The van der Waals surface area contributed by atoms with Crippen LogP contribution in [0.5, 0.6) is 0 Å². The average Bonchev–Trinajstić information content (AvgIpc) is 4.11. The lowest BCUT2D eigenvalue weighted by atomic mass is 9.68. The monoisotopic (exact) mass is 1110 g/mol. The third kappa shape index (κ3) is 11.0. The highest BCUT2D eigenvalue weighted by Crippen LogP contribution is 2.65. The lowest BCUT2D eigenvalue weighted by Crippen LogP contribution is -2.29. The van der Waals surface area contributed by atoms with Crippen molar-refractivity contribution >= 4 is 84.0 Å². The van der Waals surface area contributed by atoms with Crippen LogP contribution in [-0.2, 0) is 10.8 Å². The maximum absolute atomic E-state index is 19.4. The van der Waals surface area contributed by atoms with E-state index in [2.05, 4.69) is 78.3 Å². The SMILES string of the molecule is CCCCCCCCCC1(CCCCCCCCC)c2cc(Br)c3nsnc3c2-c2c(F)c3c(c(F)c21)-c1c(cc(I)c2nsnc12)C3(CCCCCCCCC)CCCCCCCCC. The van der Waals surface area contributed by atoms with Gasteiger partial charge in [0.05, 0.1) is 23.5 Å². The minimum absolute atomic E-state index is 0.214. The molecule has 10 heteroatoms. The molecule has 0 spiro atoms. The van der Waals surface area contributed by atoms with Gasteiger partial charge in [-0.1, -0.05) is 207 Å². The number of benzene rings is 3. The van der Waals surface area contributed by atoms with Gasteiger partial charge in [0.15, 0.2) is 0 Å². The lowest BCUT2D eigenvalue weighted by molar-refractivity contribution is 0.374. The number of rotatable bonds is 32. The summed E-state index contributed by atoms with van der Waals surface area (Å²) < 4.78 is 60.2. The van der Waals surface area contributed by atoms with Gasteiger partial charge in [-0.2, -0.15) is 17.5 Å². The Morgan fingerprint density at radius 3 is 1.11 bits per heavy atom. The first-order valence-electron chi connectivity index (χ1n) is 26.8. The molecule has 362 valence electrons. The fraction of sp³-hybridized carbons (Fsp3) is 0.679. The van der Waals surface area contributed by atoms with Crippen molar-refractivity contribution in [2.24, 2.45) is 0 Å². The fourth-order valence-electron chi connectivity index (χ4n) is 12.2. The molecule has 0 saturated heterocycles. The van der Waals surface area contributed by atoms with Crippen LogP contribution in [0, 0.1) is 15.2 Å². The molecule has 3 aromatic carbocycles. The zero-order valence-electron chi connectivity index (χ0n) is 40.9. The van der Waals surface area contributed by atoms with Crippen molar-refractivity contribution in [3.05, 3.63) is 54.1 Å². The van der Waals surface area contributed by atoms with Crippen LogP contribution in [0.4, 0.5) is 8.78 Å². The predicted octanol–water partition coefficient (Wildman–Crippen LogP) is 20.4. The van der Waals surface area contributed by atoms with Gasteiger partial charge in [-0.15, -0.1) is 0 Å². The quantitative estimate of drug-likeness (QED) is 0.0318. The molecule has 4 nitrogen and oxygen atoms in total. The third-order valence-corrected chi connectivity index (χ3v) is 18.2. The van der Waals surface area contributed by atoms with Gasteiger partial charge >= 0.3 is 0 Å². The van der Waals surface area contributed by atoms with E-state index >= 15 is 8.78 Å². The first kappa shape index (κ1) is 52.2. The largest absolute Gasteiger partial charge is 0.206 e. The highest BCUT2D eigenvalue weighted by molar-refractivity contribution is 14.1. The van der Waals surface area contributed by atoms with Crippen LogP contribution in [-0.4, -0.2) is 17.5 Å². The maximum Gasteiger partial charge on any atom is 0.136 e. The van der Waals surface area contributed by atoms with E-state index in [0.29, 0.717) is 27.8 Å². The molecule has 2 heterocycles. The smallest absolute Gasteiger partial charge is 0.136 e. The Morgan fingerprint density at radius 2 is 0.727 bits per heavy atom. The Morgan fingerprint density at radius 1 is 0.424 bits per heavy atom. The number of nitrogens with zero attached hydrogens (tertiary/aromatic N) is 4. The second-order valence-corrected chi connectivity index (χ2v) is 23.3. The molecule has 0 radical (unpaired) electrons. The molecule has 0 aliphatic heterocycles. The Hall–Kier alpha value is -1.63. The maximum atomic E-state index is 19.4. The molecule has 0 saturated carbocycles. The summed E-state index contributed by atoms with van der Waals surface area (Å²) in [5.41, 5.74) is 7.56. The summed E-state index contributed by atoms with van der Waals surface area (Å²) in [5.74, 6) is -0.428. The molecule has 2 aliphatic rings. The summed E-state index contributed by atoms with van der Waals surface area (Å²) in [5, 5.41) is 0. The topological polar surface area (TPSA) is 51.6 Å². The van der Waals surface area contributed by atoms with Gasteiger partial charge in [-0.05, 0) is 87.5 Å². The molecule has 0 amide bonds. The van der Waals surface area contributed by atoms with Crippen molar-refractivity contribution < 1.29 is 8.78 Å². The zero-order valence-corrected chi connectivity index (χ0v) is 46.3. The van der Waals surface area contributed by atoms with Crippen LogP contribution in [0.25, 0.3) is 44.3 Å². The van der Waals surface area contributed by atoms with E-state index in [1.807, 2.05) is 0 Å². The van der Waals surface area contributed by atoms with Crippen LogP contribution in [0.15, 0.2) is 16.6 Å². The number of aromatic nitrogens is 4. The van der Waals surface area contributed by atoms with Gasteiger partial charge < -0.3 is 0 Å². The normalized spacial score (nSPS) is 14.4. The average molecular weight is 1120 g/mol. The lowest BCUT2D eigenvalue weighted by Gasteiger charge is -2.35. The van der Waals surface area contributed by atoms with Gasteiger partial charge in [0, 0.05) is 52.3 Å². The molecule has 66 heavy (non-hydrogen) atoms. The van der Waals surface area contributed by atoms with E-state index in [4.69, 9.17) is 17.5 Å². The van der Waals surface area contributed by atoms with Crippen molar-refractivity contribution in [1.29, 1.82) is 0 Å². The number of unbranched alkanes of at least 4 members (excludes halogenated alkanes) is 24. The zero-order chi connectivity index (χ0) is 46.5. The van der Waals surface area contributed by atoms with E-state index in [1.54, 1.807) is 0 Å². The summed E-state index contributed by atoms with van der Waals surface area (Å²) in [6, 6.07) is 4.47. The Labute approximate surface area is 427 Å². The molecule has 2 aromatic heterocycles. The molecule has 0 atom stereocenters. The second kappa shape index (κ2) is 25.5. The van der Waals surface area contributed by atoms with Gasteiger partial charge in [-0.25, -0.2) is 8.78 Å². The van der Waals surface area contributed by atoms with Crippen LogP contribution >= 0.6 is 62.0 Å². The molecular formula is C56H78BrF2IN4S2. The molecule has 7 rings (SSSR count). The third-order valence-electron chi connectivity index (χ3n) is 15.7. The minimum atomic E-state index is -0.692. The first-order valence-corrected chi connectivity index (χ1v) is 30.1. The Balaban J connectivity index is 1.43. The van der Waals surface area contributed by atoms with E-state index in [9.17, 15) is 0 Å².